The van der Waals surface area contributed by atoms with Crippen molar-refractivity contribution in [1.29, 1.82) is 0 Å². The third-order valence-electron chi connectivity index (χ3n) is 6.50. The Bertz CT molecular complexity index is 1200. The van der Waals surface area contributed by atoms with Gasteiger partial charge in [-0.15, -0.1) is 0 Å². The molecule has 1 N–H and O–H groups in total. The maximum atomic E-state index is 11.6. The van der Waals surface area contributed by atoms with Crippen LogP contribution in [0.5, 0.6) is 0 Å². The Morgan fingerprint density at radius 1 is 1.22 bits per heavy atom. The average molecular weight is 503 g/mol. The molecule has 2 atom stereocenters. The van der Waals surface area contributed by atoms with Gasteiger partial charge in [0.25, 0.3) is 0 Å². The zero-order chi connectivity index (χ0) is 25.2. The SMILES string of the molecule is CN(C=C(/C=C\C=O)[C@H](CC=O)n1ccp1CCCc1ccc2c(n1)NCCC2)Cc1ccccc1. The molecule has 0 saturated heterocycles. The van der Waals surface area contributed by atoms with Gasteiger partial charge < -0.3 is 19.3 Å². The minimum absolute atomic E-state index is 0.0842. The van der Waals surface area contributed by atoms with Gasteiger partial charge in [0.2, 0.25) is 0 Å². The van der Waals surface area contributed by atoms with Crippen LogP contribution >= 0.6 is 7.69 Å². The van der Waals surface area contributed by atoms with Crippen LogP contribution in [0.2, 0.25) is 0 Å². The molecule has 0 spiro atoms. The number of rotatable bonds is 13. The number of anilines is 1. The number of benzene rings is 1. The predicted octanol–water partition coefficient (Wildman–Crippen LogP) is 5.76. The van der Waals surface area contributed by atoms with Crippen LogP contribution in [0.1, 0.15) is 42.1 Å². The van der Waals surface area contributed by atoms with E-state index in [0.29, 0.717) is 6.42 Å². The molecule has 1 unspecified atom stereocenters. The van der Waals surface area contributed by atoms with E-state index in [1.54, 1.807) is 0 Å². The third-order valence-corrected chi connectivity index (χ3v) is 8.75. The van der Waals surface area contributed by atoms with E-state index in [1.165, 1.54) is 23.6 Å². The number of carbonyl (C=O) groups is 2. The monoisotopic (exact) mass is 502 g/mol. The van der Waals surface area contributed by atoms with Gasteiger partial charge in [0.15, 0.2) is 0 Å². The van der Waals surface area contributed by atoms with Crippen molar-refractivity contribution in [3.05, 3.63) is 95.2 Å². The van der Waals surface area contributed by atoms with Gasteiger partial charge in [0.1, 0.15) is 18.4 Å². The minimum atomic E-state index is -0.469. The van der Waals surface area contributed by atoms with Crippen LogP contribution in [0.15, 0.2) is 78.4 Å². The Kier molecular flexibility index (Phi) is 9.34. The van der Waals surface area contributed by atoms with Gasteiger partial charge in [-0.3, -0.25) is 4.79 Å². The number of nitrogens with zero attached hydrogens (tertiary/aromatic N) is 3. The summed E-state index contributed by atoms with van der Waals surface area (Å²) in [6, 6.07) is 14.6. The number of allylic oxidation sites excluding steroid dienone is 3. The Morgan fingerprint density at radius 2 is 2.08 bits per heavy atom. The Hall–Kier alpha value is -3.37. The number of fused-ring (bicyclic) bond motifs is 1. The van der Waals surface area contributed by atoms with Crippen LogP contribution in [0.3, 0.4) is 0 Å². The quantitative estimate of drug-likeness (QED) is 0.183. The standard InChI is InChI=1S/C29H35N4O2P/c1-32(22-24-8-3-2-4-9-24)23-26(11-6-18-34)28(15-19-35)33-17-21-36(33)20-7-12-27-14-13-25-10-5-16-30-29(25)31-27/h2-4,6,8-9,11,13-14,17-19,21,23,28H,5,7,10,12,15-16,20,22H2,1H3,(H,30,31)/b11-6-,26-23?/t28-,36?/m0/s1. The molecule has 0 amide bonds. The molecule has 0 radical (unpaired) electrons. The first-order valence-electron chi connectivity index (χ1n) is 12.6. The maximum absolute atomic E-state index is 11.6. The summed E-state index contributed by atoms with van der Waals surface area (Å²) in [6.45, 7) is 1.75. The molecule has 2 aromatic heterocycles. The topological polar surface area (TPSA) is 67.2 Å². The van der Waals surface area contributed by atoms with E-state index in [-0.39, 0.29) is 6.04 Å². The number of hydrogen-bond donors (Lipinski definition) is 1. The summed E-state index contributed by atoms with van der Waals surface area (Å²) in [6.07, 6.45) is 15.0. The predicted molar refractivity (Wildman–Crippen MR) is 147 cm³/mol. The number of nitrogens with one attached hydrogen (secondary N) is 1. The maximum Gasteiger partial charge on any atom is 0.142 e. The highest BCUT2D eigenvalue weighted by molar-refractivity contribution is 7.45. The smallest absolute Gasteiger partial charge is 0.142 e. The largest absolute Gasteiger partial charge is 0.376 e. The molecule has 0 fully saturated rings. The van der Waals surface area contributed by atoms with E-state index in [1.807, 2.05) is 31.3 Å². The van der Waals surface area contributed by atoms with Crippen LogP contribution in [0.25, 0.3) is 0 Å². The van der Waals surface area contributed by atoms with E-state index in [0.717, 1.165) is 68.2 Å². The van der Waals surface area contributed by atoms with Gasteiger partial charge in [-0.1, -0.05) is 50.2 Å². The van der Waals surface area contributed by atoms with Gasteiger partial charge in [0.05, 0.1) is 6.04 Å². The molecule has 0 bridgehead atoms. The van der Waals surface area contributed by atoms with E-state index < -0.39 is 7.69 Å². The first kappa shape index (κ1) is 25.7. The fourth-order valence-electron chi connectivity index (χ4n) is 4.69. The molecule has 4 rings (SSSR count). The molecular weight excluding hydrogens is 467 g/mol. The van der Waals surface area contributed by atoms with Crippen molar-refractivity contribution in [3.8, 4) is 0 Å². The highest BCUT2D eigenvalue weighted by Crippen LogP contribution is 2.40. The first-order chi connectivity index (χ1) is 17.7. The fraction of sp³-hybridized carbons (Fsp3) is 0.345. The molecule has 3 aromatic rings. The summed E-state index contributed by atoms with van der Waals surface area (Å²) in [7, 11) is 1.55. The average Bonchev–Trinajstić information content (AvgIpc) is 2.88. The molecule has 36 heavy (non-hydrogen) atoms. The van der Waals surface area contributed by atoms with Crippen LogP contribution in [-0.2, 0) is 35.1 Å². The molecule has 1 aliphatic heterocycles. The summed E-state index contributed by atoms with van der Waals surface area (Å²) in [5, 5.41) is 3.42. The fourth-order valence-corrected chi connectivity index (χ4v) is 6.61. The Balaban J connectivity index is 1.44. The number of aldehydes is 2. The minimum Gasteiger partial charge on any atom is -0.376 e. The van der Waals surface area contributed by atoms with Crippen LogP contribution in [0, 0.1) is 0 Å². The van der Waals surface area contributed by atoms with Gasteiger partial charge in [-0.25, -0.2) is 4.98 Å². The van der Waals surface area contributed by atoms with Crippen molar-refractivity contribution in [2.75, 3.05) is 18.9 Å². The number of pyridine rings is 1. The lowest BCUT2D eigenvalue weighted by atomic mass is 10.0. The highest BCUT2D eigenvalue weighted by Gasteiger charge is 2.19. The second-order valence-electron chi connectivity index (χ2n) is 9.23. The normalized spacial score (nSPS) is 14.8. The van der Waals surface area contributed by atoms with Crippen molar-refractivity contribution < 1.29 is 9.59 Å². The van der Waals surface area contributed by atoms with Gasteiger partial charge in [-0.05, 0) is 60.3 Å². The first-order valence-corrected chi connectivity index (χ1v) is 14.2. The molecule has 6 nitrogen and oxygen atoms in total. The van der Waals surface area contributed by atoms with E-state index >= 15 is 0 Å². The number of hydrogen-bond acceptors (Lipinski definition) is 5. The van der Waals surface area contributed by atoms with Gasteiger partial charge in [0, 0.05) is 50.8 Å². The molecule has 3 heterocycles. The van der Waals surface area contributed by atoms with Crippen molar-refractivity contribution in [2.45, 2.75) is 50.9 Å². The third kappa shape index (κ3) is 6.86. The lowest BCUT2D eigenvalue weighted by Crippen LogP contribution is -2.17. The molecule has 1 aliphatic rings. The van der Waals surface area contributed by atoms with E-state index in [2.05, 4.69) is 57.0 Å². The Morgan fingerprint density at radius 3 is 2.83 bits per heavy atom. The molecule has 0 aliphatic carbocycles. The van der Waals surface area contributed by atoms with Crippen LogP contribution in [-0.4, -0.2) is 40.4 Å². The van der Waals surface area contributed by atoms with E-state index in [4.69, 9.17) is 4.98 Å². The molecule has 1 aromatic carbocycles. The zero-order valence-electron chi connectivity index (χ0n) is 20.9. The molecule has 7 heteroatoms. The van der Waals surface area contributed by atoms with Crippen molar-refractivity contribution in [2.24, 2.45) is 0 Å². The van der Waals surface area contributed by atoms with Gasteiger partial charge >= 0.3 is 0 Å². The lowest BCUT2D eigenvalue weighted by Gasteiger charge is -2.28. The van der Waals surface area contributed by atoms with Crippen LogP contribution < -0.4 is 5.32 Å². The summed E-state index contributed by atoms with van der Waals surface area (Å²) in [4.78, 5) is 29.7. The second-order valence-corrected chi connectivity index (χ2v) is 11.3. The molecule has 188 valence electrons. The zero-order valence-corrected chi connectivity index (χ0v) is 21.8. The molecule has 0 saturated carbocycles. The Labute approximate surface area is 214 Å². The summed E-state index contributed by atoms with van der Waals surface area (Å²) >= 11 is 0. The van der Waals surface area contributed by atoms with Crippen molar-refractivity contribution in [3.63, 3.8) is 0 Å². The van der Waals surface area contributed by atoms with E-state index in [9.17, 15) is 9.59 Å². The summed E-state index contributed by atoms with van der Waals surface area (Å²) < 4.78 is 2.32. The number of carbonyl (C=O) groups excluding carboxylic acids is 2. The summed E-state index contributed by atoms with van der Waals surface area (Å²) in [5.74, 6) is 3.32. The summed E-state index contributed by atoms with van der Waals surface area (Å²) in [5.41, 5.74) is 4.63. The second kappa shape index (κ2) is 13.1. The molecular formula is C29H35N4O2P. The number of aryl methyl sites for hydroxylation is 3. The van der Waals surface area contributed by atoms with Crippen molar-refractivity contribution in [1.82, 2.24) is 14.2 Å². The lowest BCUT2D eigenvalue weighted by molar-refractivity contribution is -0.108. The van der Waals surface area contributed by atoms with Gasteiger partial charge in [-0.2, -0.15) is 0 Å². The number of aromatic nitrogens is 2. The highest BCUT2D eigenvalue weighted by atomic mass is 31.1. The van der Waals surface area contributed by atoms with Crippen molar-refractivity contribution >= 4 is 26.1 Å². The van der Waals surface area contributed by atoms with Crippen LogP contribution in [0.4, 0.5) is 5.82 Å².